The van der Waals surface area contributed by atoms with Crippen LogP contribution in [0.25, 0.3) is 0 Å². The summed E-state index contributed by atoms with van der Waals surface area (Å²) in [6, 6.07) is 10.0. The number of nitrogens with zero attached hydrogens (tertiary/aromatic N) is 6. The topological polar surface area (TPSA) is 74.6 Å². The minimum atomic E-state index is -2.80. The van der Waals surface area contributed by atoms with Crippen LogP contribution in [0.3, 0.4) is 0 Å². The second-order valence-electron chi connectivity index (χ2n) is 11.0. The lowest BCUT2D eigenvalue weighted by Crippen LogP contribution is -2.53. The van der Waals surface area contributed by atoms with Crippen LogP contribution in [0.15, 0.2) is 30.3 Å². The number of hydrogen-bond acceptors (Lipinski definition) is 5. The maximum Gasteiger partial charge on any atom is 0.282 e. The van der Waals surface area contributed by atoms with Crippen LogP contribution in [0.2, 0.25) is 0 Å². The third-order valence-electron chi connectivity index (χ3n) is 8.69. The van der Waals surface area contributed by atoms with Gasteiger partial charge in [-0.1, -0.05) is 35.5 Å². The molecule has 2 aromatic rings. The maximum absolute atomic E-state index is 13.8. The molecule has 3 saturated heterocycles. The lowest BCUT2D eigenvalue weighted by atomic mass is 10.0. The molecule has 35 heavy (non-hydrogen) atoms. The number of hydrogen-bond donors (Lipinski definition) is 0. The smallest absolute Gasteiger partial charge is 0.282 e. The van der Waals surface area contributed by atoms with Crippen molar-refractivity contribution in [3.05, 3.63) is 47.3 Å². The van der Waals surface area contributed by atoms with Crippen molar-refractivity contribution in [1.82, 2.24) is 29.7 Å². The number of carbonyl (C=O) groups excluding carboxylic acids is 2. The normalized spacial score (nSPS) is 31.5. The Bertz CT molecular complexity index is 1180. The van der Waals surface area contributed by atoms with E-state index in [4.69, 9.17) is 0 Å². The predicted molar refractivity (Wildman–Crippen MR) is 120 cm³/mol. The van der Waals surface area contributed by atoms with E-state index in [1.165, 1.54) is 10.2 Å². The van der Waals surface area contributed by atoms with Gasteiger partial charge in [-0.2, -0.15) is 0 Å². The molecule has 0 unspecified atom stereocenters. The van der Waals surface area contributed by atoms with Crippen molar-refractivity contribution in [1.29, 1.82) is 0 Å². The molecule has 2 amide bonds. The summed E-state index contributed by atoms with van der Waals surface area (Å²) in [5, 5.41) is 7.73. The molecule has 1 aromatic carbocycles. The monoisotopic (exact) mass is 482 g/mol. The molecule has 5 fully saturated rings. The summed E-state index contributed by atoms with van der Waals surface area (Å²) in [7, 11) is 0. The Morgan fingerprint density at radius 1 is 1.03 bits per heavy atom. The first-order valence-electron chi connectivity index (χ1n) is 12.6. The Morgan fingerprint density at radius 2 is 1.77 bits per heavy atom. The molecule has 7 rings (SSSR count). The summed E-state index contributed by atoms with van der Waals surface area (Å²) < 4.78 is 28.8. The van der Waals surface area contributed by atoms with E-state index in [0.29, 0.717) is 25.4 Å². The van der Waals surface area contributed by atoms with E-state index in [1.54, 1.807) is 4.90 Å². The van der Waals surface area contributed by atoms with Gasteiger partial charge in [0.05, 0.1) is 23.5 Å². The fourth-order valence-corrected chi connectivity index (χ4v) is 6.71. The van der Waals surface area contributed by atoms with Gasteiger partial charge in [0.25, 0.3) is 12.3 Å². The molecule has 1 aromatic heterocycles. The van der Waals surface area contributed by atoms with E-state index in [2.05, 4.69) is 27.3 Å². The average Bonchev–Trinajstić information content (AvgIpc) is 3.57. The molecule has 0 radical (unpaired) electrons. The molecule has 2 saturated carbocycles. The molecule has 4 heterocycles. The molecule has 3 aliphatic heterocycles. The number of piperazine rings is 1. The Hall–Kier alpha value is -2.88. The summed E-state index contributed by atoms with van der Waals surface area (Å²) in [6.45, 7) is 3.44. The molecule has 4 atom stereocenters. The van der Waals surface area contributed by atoms with Gasteiger partial charge in [-0.25, -0.2) is 13.5 Å². The van der Waals surface area contributed by atoms with Crippen LogP contribution in [0.5, 0.6) is 0 Å². The Kier molecular flexibility index (Phi) is 4.62. The molecule has 2 bridgehead atoms. The number of fused-ring (bicyclic) bond motifs is 3. The van der Waals surface area contributed by atoms with Crippen LogP contribution in [0.4, 0.5) is 8.78 Å². The van der Waals surface area contributed by atoms with E-state index in [-0.39, 0.29) is 40.8 Å². The van der Waals surface area contributed by atoms with Crippen molar-refractivity contribution < 1.29 is 18.4 Å². The third-order valence-corrected chi connectivity index (χ3v) is 8.69. The number of amides is 2. The van der Waals surface area contributed by atoms with Crippen molar-refractivity contribution in [3.8, 4) is 0 Å². The zero-order valence-corrected chi connectivity index (χ0v) is 19.4. The highest BCUT2D eigenvalue weighted by molar-refractivity contribution is 5.94. The summed E-state index contributed by atoms with van der Waals surface area (Å²) in [4.78, 5) is 32.8. The molecule has 184 valence electrons. The number of carbonyl (C=O) groups is 2. The summed E-state index contributed by atoms with van der Waals surface area (Å²) in [5.74, 6) is 0.136. The van der Waals surface area contributed by atoms with Gasteiger partial charge in [0.1, 0.15) is 5.69 Å². The van der Waals surface area contributed by atoms with Crippen molar-refractivity contribution in [2.24, 2.45) is 11.3 Å². The van der Waals surface area contributed by atoms with Crippen LogP contribution in [-0.4, -0.2) is 79.8 Å². The number of rotatable bonds is 6. The Balaban J connectivity index is 1.02. The van der Waals surface area contributed by atoms with E-state index in [1.807, 2.05) is 23.1 Å². The first-order chi connectivity index (χ1) is 16.9. The summed E-state index contributed by atoms with van der Waals surface area (Å²) in [5.41, 5.74) is 0.375. The first kappa shape index (κ1) is 21.4. The number of alkyl halides is 2. The number of benzene rings is 1. The number of likely N-dealkylation sites (tertiary alicyclic amines) is 3. The van der Waals surface area contributed by atoms with E-state index in [9.17, 15) is 18.4 Å². The van der Waals surface area contributed by atoms with Crippen LogP contribution in [-0.2, 0) is 11.3 Å². The van der Waals surface area contributed by atoms with Crippen molar-refractivity contribution in [3.63, 3.8) is 0 Å². The van der Waals surface area contributed by atoms with Crippen LogP contribution in [0, 0.1) is 11.3 Å². The summed E-state index contributed by atoms with van der Waals surface area (Å²) >= 11 is 0. The van der Waals surface area contributed by atoms with Gasteiger partial charge in [0.2, 0.25) is 5.91 Å². The summed E-state index contributed by atoms with van der Waals surface area (Å²) in [6.07, 6.45) is 0.415. The second kappa shape index (κ2) is 7.56. The molecule has 5 aliphatic rings. The number of aromatic nitrogens is 3. The third kappa shape index (κ3) is 3.32. The lowest BCUT2D eigenvalue weighted by Gasteiger charge is -2.36. The zero-order valence-electron chi connectivity index (χ0n) is 19.4. The highest BCUT2D eigenvalue weighted by Gasteiger charge is 2.67. The highest BCUT2D eigenvalue weighted by Crippen LogP contribution is 2.59. The molecule has 0 N–H and O–H groups in total. The Labute approximate surface area is 201 Å². The zero-order chi connectivity index (χ0) is 23.9. The first-order valence-corrected chi connectivity index (χ1v) is 12.6. The lowest BCUT2D eigenvalue weighted by molar-refractivity contribution is -0.139. The van der Waals surface area contributed by atoms with Crippen LogP contribution < -0.4 is 0 Å². The predicted octanol–water partition coefficient (Wildman–Crippen LogP) is 2.50. The number of piperidine rings is 1. The average molecular weight is 483 g/mol. The molecular weight excluding hydrogens is 454 g/mol. The Morgan fingerprint density at radius 3 is 2.46 bits per heavy atom. The standard InChI is InChI=1S/C25H28F2N6O2/c26-22(27)21-20(28-29-33(21)17-6-7-17)23(34)31-12-19-8-18(31)13-32(19)24(35)25-9-16(25)11-30(14-25)10-15-4-2-1-3-5-15/h1-5,16-19,22H,6-14H2/t16-,18-,19-,25-/m0/s1. The van der Waals surface area contributed by atoms with Gasteiger partial charge < -0.3 is 9.80 Å². The van der Waals surface area contributed by atoms with E-state index >= 15 is 0 Å². The van der Waals surface area contributed by atoms with Gasteiger partial charge in [-0.05, 0) is 37.2 Å². The minimum absolute atomic E-state index is 0.0521. The largest absolute Gasteiger partial charge is 0.335 e. The fraction of sp³-hybridized carbons (Fsp3) is 0.600. The minimum Gasteiger partial charge on any atom is -0.335 e. The molecule has 8 nitrogen and oxygen atoms in total. The van der Waals surface area contributed by atoms with Gasteiger partial charge in [-0.3, -0.25) is 14.5 Å². The number of halogens is 2. The molecule has 10 heteroatoms. The van der Waals surface area contributed by atoms with Gasteiger partial charge in [0, 0.05) is 32.7 Å². The maximum atomic E-state index is 13.8. The molecule has 2 aliphatic carbocycles. The quantitative estimate of drug-likeness (QED) is 0.633. The van der Waals surface area contributed by atoms with Gasteiger partial charge in [0.15, 0.2) is 5.69 Å². The van der Waals surface area contributed by atoms with Gasteiger partial charge >= 0.3 is 0 Å². The van der Waals surface area contributed by atoms with Crippen LogP contribution >= 0.6 is 0 Å². The van der Waals surface area contributed by atoms with Crippen molar-refractivity contribution in [2.45, 2.75) is 56.8 Å². The SMILES string of the molecule is O=C(c1nnn(C2CC2)c1C(F)F)N1C[C@@H]2C[C@H]1CN2C(=O)[C@]12C[C@H]1CN(Cc1ccccc1)C2. The second-order valence-corrected chi connectivity index (χ2v) is 11.0. The van der Waals surface area contributed by atoms with Crippen LogP contribution in [0.1, 0.15) is 59.9 Å². The highest BCUT2D eigenvalue weighted by atomic mass is 19.3. The van der Waals surface area contributed by atoms with Gasteiger partial charge in [-0.15, -0.1) is 5.10 Å². The van der Waals surface area contributed by atoms with Crippen molar-refractivity contribution >= 4 is 11.8 Å². The molecule has 0 spiro atoms. The molecular formula is C25H28F2N6O2. The van der Waals surface area contributed by atoms with Crippen molar-refractivity contribution in [2.75, 3.05) is 26.2 Å². The van der Waals surface area contributed by atoms with E-state index < -0.39 is 12.3 Å². The van der Waals surface area contributed by atoms with E-state index in [0.717, 1.165) is 38.9 Å². The fourth-order valence-electron chi connectivity index (χ4n) is 6.71.